The third kappa shape index (κ3) is 3.51. The summed E-state index contributed by atoms with van der Waals surface area (Å²) in [4.78, 5) is 18.6. The molecular weight excluding hydrogens is 354 g/mol. The molecule has 148 valence electrons. The number of hydrogen-bond donors (Lipinski definition) is 2. The monoisotopic (exact) mass is 381 g/mol. The number of amides is 1. The first-order valence-corrected chi connectivity index (χ1v) is 10.0. The zero-order valence-electron chi connectivity index (χ0n) is 16.2. The molecular formula is C22H27N3O3. The van der Waals surface area contributed by atoms with Crippen molar-refractivity contribution >= 4 is 11.8 Å². The van der Waals surface area contributed by atoms with Gasteiger partial charge in [-0.05, 0) is 73.4 Å². The highest BCUT2D eigenvalue weighted by atomic mass is 16.6. The van der Waals surface area contributed by atoms with E-state index in [0.29, 0.717) is 37.1 Å². The number of nitrogens with two attached hydrogens (primary N) is 1. The Morgan fingerprint density at radius 3 is 2.75 bits per heavy atom. The first-order valence-electron chi connectivity index (χ1n) is 10.0. The Kier molecular flexibility index (Phi) is 5.11. The minimum atomic E-state index is -0.224. The van der Waals surface area contributed by atoms with Gasteiger partial charge in [-0.3, -0.25) is 4.98 Å². The van der Waals surface area contributed by atoms with Crippen molar-refractivity contribution in [1.82, 2.24) is 9.88 Å². The smallest absolute Gasteiger partial charge is 0.409 e. The molecule has 1 saturated heterocycles. The average Bonchev–Trinajstić information content (AvgIpc) is 2.84. The van der Waals surface area contributed by atoms with Crippen LogP contribution in [0.1, 0.15) is 48.1 Å². The van der Waals surface area contributed by atoms with Crippen LogP contribution in [0.15, 0.2) is 30.5 Å². The van der Waals surface area contributed by atoms with Gasteiger partial charge in [0.25, 0.3) is 0 Å². The summed E-state index contributed by atoms with van der Waals surface area (Å²) in [7, 11) is 0. The summed E-state index contributed by atoms with van der Waals surface area (Å²) in [6.07, 6.45) is 5.04. The summed E-state index contributed by atoms with van der Waals surface area (Å²) in [6, 6.07) is 7.72. The highest BCUT2D eigenvalue weighted by Crippen LogP contribution is 2.43. The second-order valence-corrected chi connectivity index (χ2v) is 7.70. The van der Waals surface area contributed by atoms with Gasteiger partial charge in [-0.2, -0.15) is 0 Å². The molecule has 28 heavy (non-hydrogen) atoms. The van der Waals surface area contributed by atoms with Crippen molar-refractivity contribution in [2.75, 3.05) is 25.4 Å². The fourth-order valence-corrected chi connectivity index (χ4v) is 4.66. The number of likely N-dealkylation sites (tertiary alicyclic amines) is 1. The van der Waals surface area contributed by atoms with E-state index in [1.54, 1.807) is 17.2 Å². The summed E-state index contributed by atoms with van der Waals surface area (Å²) in [5, 5.41) is 9.99. The number of benzene rings is 1. The Bertz CT molecular complexity index is 822. The highest BCUT2D eigenvalue weighted by molar-refractivity contribution is 5.67. The maximum atomic E-state index is 12.1. The van der Waals surface area contributed by atoms with E-state index >= 15 is 0 Å². The third-order valence-corrected chi connectivity index (χ3v) is 5.98. The lowest BCUT2D eigenvalue weighted by Gasteiger charge is -2.36. The molecule has 2 heterocycles. The summed E-state index contributed by atoms with van der Waals surface area (Å²) < 4.78 is 5.15. The molecule has 6 heteroatoms. The Hall–Kier alpha value is -2.76. The number of aromatic nitrogens is 1. The molecule has 0 bridgehead atoms. The maximum Gasteiger partial charge on any atom is 0.409 e. The fourth-order valence-electron chi connectivity index (χ4n) is 4.66. The van der Waals surface area contributed by atoms with Crippen molar-refractivity contribution in [2.24, 2.45) is 5.92 Å². The molecule has 1 aliphatic heterocycles. The zero-order chi connectivity index (χ0) is 19.7. The largest absolute Gasteiger partial charge is 0.508 e. The SMILES string of the molecule is CCOC(=O)N1CCC(C2c3ccc(O)cc3CCc3cc(N)cnc32)CC1. The van der Waals surface area contributed by atoms with Crippen molar-refractivity contribution < 1.29 is 14.6 Å². The van der Waals surface area contributed by atoms with E-state index in [4.69, 9.17) is 15.5 Å². The molecule has 1 aromatic heterocycles. The first kappa shape index (κ1) is 18.6. The molecule has 1 unspecified atom stereocenters. The number of hydrogen-bond acceptors (Lipinski definition) is 5. The number of ether oxygens (including phenoxy) is 1. The van der Waals surface area contributed by atoms with Gasteiger partial charge in [-0.15, -0.1) is 0 Å². The number of aromatic hydroxyl groups is 1. The van der Waals surface area contributed by atoms with Gasteiger partial charge >= 0.3 is 6.09 Å². The number of fused-ring (bicyclic) bond motifs is 2. The fraction of sp³-hybridized carbons (Fsp3) is 0.455. The van der Waals surface area contributed by atoms with E-state index < -0.39 is 0 Å². The molecule has 1 fully saturated rings. The normalized spacial score (nSPS) is 19.5. The Morgan fingerprint density at radius 1 is 1.25 bits per heavy atom. The predicted octanol–water partition coefficient (Wildman–Crippen LogP) is 3.47. The molecule has 2 aliphatic rings. The Morgan fingerprint density at radius 2 is 2.00 bits per heavy atom. The molecule has 0 saturated carbocycles. The molecule has 3 N–H and O–H groups in total. The van der Waals surface area contributed by atoms with Crippen LogP contribution in [0.4, 0.5) is 10.5 Å². The third-order valence-electron chi connectivity index (χ3n) is 5.98. The number of nitrogens with zero attached hydrogens (tertiary/aromatic N) is 2. The molecule has 2 aromatic rings. The molecule has 4 rings (SSSR count). The van der Waals surface area contributed by atoms with Gasteiger partial charge in [0.15, 0.2) is 0 Å². The van der Waals surface area contributed by atoms with E-state index in [1.165, 1.54) is 16.7 Å². The summed E-state index contributed by atoms with van der Waals surface area (Å²) in [5.41, 5.74) is 11.4. The van der Waals surface area contributed by atoms with Crippen LogP contribution in [-0.4, -0.2) is 40.8 Å². The molecule has 1 aromatic carbocycles. The quantitative estimate of drug-likeness (QED) is 0.831. The second-order valence-electron chi connectivity index (χ2n) is 7.70. The van der Waals surface area contributed by atoms with Crippen LogP contribution in [0.3, 0.4) is 0 Å². The van der Waals surface area contributed by atoms with Crippen LogP contribution >= 0.6 is 0 Å². The number of phenols is 1. The maximum absolute atomic E-state index is 12.1. The highest BCUT2D eigenvalue weighted by Gasteiger charge is 2.35. The summed E-state index contributed by atoms with van der Waals surface area (Å²) in [5.74, 6) is 0.827. The molecule has 1 amide bonds. The van der Waals surface area contributed by atoms with E-state index in [1.807, 2.05) is 25.1 Å². The molecule has 0 radical (unpaired) electrons. The second kappa shape index (κ2) is 7.70. The van der Waals surface area contributed by atoms with Gasteiger partial charge in [0.1, 0.15) is 5.75 Å². The number of piperidine rings is 1. The lowest BCUT2D eigenvalue weighted by atomic mass is 9.76. The number of carbonyl (C=O) groups is 1. The van der Waals surface area contributed by atoms with Gasteiger partial charge in [0.2, 0.25) is 0 Å². The minimum absolute atomic E-state index is 0.151. The van der Waals surface area contributed by atoms with Crippen LogP contribution in [0.2, 0.25) is 0 Å². The van der Waals surface area contributed by atoms with Crippen molar-refractivity contribution in [3.63, 3.8) is 0 Å². The van der Waals surface area contributed by atoms with E-state index in [9.17, 15) is 9.90 Å². The number of carbonyl (C=O) groups excluding carboxylic acids is 1. The van der Waals surface area contributed by atoms with Gasteiger partial charge < -0.3 is 20.5 Å². The van der Waals surface area contributed by atoms with Crippen molar-refractivity contribution in [2.45, 2.75) is 38.5 Å². The number of aryl methyl sites for hydroxylation is 2. The Labute approximate surface area is 165 Å². The standard InChI is InChI=1S/C22H27N3O3/c1-2-28-22(27)25-9-7-14(8-10-25)20-19-6-5-18(26)12-15(19)3-4-16-11-17(23)13-24-21(16)20/h5-6,11-14,20,26H,2-4,7-10,23H2,1H3. The first-order chi connectivity index (χ1) is 13.6. The predicted molar refractivity (Wildman–Crippen MR) is 107 cm³/mol. The van der Waals surface area contributed by atoms with Gasteiger partial charge in [-0.25, -0.2) is 4.79 Å². The van der Waals surface area contributed by atoms with Crippen molar-refractivity contribution in [1.29, 1.82) is 0 Å². The number of pyridine rings is 1. The van der Waals surface area contributed by atoms with Crippen LogP contribution < -0.4 is 5.73 Å². The van der Waals surface area contributed by atoms with Gasteiger partial charge in [0.05, 0.1) is 24.2 Å². The molecule has 0 spiro atoms. The van der Waals surface area contributed by atoms with Crippen LogP contribution in [0.25, 0.3) is 0 Å². The van der Waals surface area contributed by atoms with E-state index in [2.05, 4.69) is 0 Å². The average molecular weight is 381 g/mol. The van der Waals surface area contributed by atoms with Crippen LogP contribution in [0, 0.1) is 5.92 Å². The summed E-state index contributed by atoms with van der Waals surface area (Å²) in [6.45, 7) is 3.61. The van der Waals surface area contributed by atoms with Crippen molar-refractivity contribution in [3.8, 4) is 5.75 Å². The molecule has 1 atom stereocenters. The Balaban J connectivity index is 1.67. The number of phenolic OH excluding ortho intramolecular Hbond substituents is 1. The summed E-state index contributed by atoms with van der Waals surface area (Å²) >= 11 is 0. The minimum Gasteiger partial charge on any atom is -0.508 e. The van der Waals surface area contributed by atoms with Crippen LogP contribution in [0.5, 0.6) is 5.75 Å². The van der Waals surface area contributed by atoms with Gasteiger partial charge in [0, 0.05) is 19.0 Å². The topological polar surface area (TPSA) is 88.7 Å². The molecule has 6 nitrogen and oxygen atoms in total. The lowest BCUT2D eigenvalue weighted by molar-refractivity contribution is 0.0900. The van der Waals surface area contributed by atoms with E-state index in [0.717, 1.165) is 31.4 Å². The number of nitrogen functional groups attached to an aromatic ring is 1. The number of rotatable bonds is 2. The van der Waals surface area contributed by atoms with Crippen molar-refractivity contribution in [3.05, 3.63) is 52.8 Å². The van der Waals surface area contributed by atoms with Gasteiger partial charge in [-0.1, -0.05) is 6.07 Å². The molecule has 1 aliphatic carbocycles. The van der Waals surface area contributed by atoms with E-state index in [-0.39, 0.29) is 12.0 Å². The number of anilines is 1. The van der Waals surface area contributed by atoms with Crippen LogP contribution in [-0.2, 0) is 17.6 Å². The lowest BCUT2D eigenvalue weighted by Crippen LogP contribution is -2.40. The zero-order valence-corrected chi connectivity index (χ0v) is 16.2.